The van der Waals surface area contributed by atoms with E-state index in [2.05, 4.69) is 4.74 Å². The van der Waals surface area contributed by atoms with Gasteiger partial charge in [-0.15, -0.1) is 0 Å². The van der Waals surface area contributed by atoms with Crippen LogP contribution in [0.1, 0.15) is 5.56 Å². The molecule has 0 aromatic heterocycles. The number of carbonyl (C=O) groups excluding carboxylic acids is 1. The summed E-state index contributed by atoms with van der Waals surface area (Å²) in [6, 6.07) is 8.99. The molecule has 0 bridgehead atoms. The summed E-state index contributed by atoms with van der Waals surface area (Å²) in [4.78, 5) is 12.0. The predicted octanol–water partition coefficient (Wildman–Crippen LogP) is 2.41. The van der Waals surface area contributed by atoms with Crippen molar-refractivity contribution in [3.8, 4) is 0 Å². The molecule has 1 amide bonds. The number of ether oxygens (including phenoxy) is 1. The lowest BCUT2D eigenvalue weighted by Gasteiger charge is -2.08. The monoisotopic (exact) mass is 207 g/mol. The lowest BCUT2D eigenvalue weighted by atomic mass is 10.2. The number of nitrogens with zero attached hydrogens (tertiary/aromatic N) is 1. The quantitative estimate of drug-likeness (QED) is 0.697. The Morgan fingerprint density at radius 2 is 2.13 bits per heavy atom. The van der Waals surface area contributed by atoms with Gasteiger partial charge in [0.1, 0.15) is 6.61 Å². The minimum absolute atomic E-state index is 0.245. The lowest BCUT2D eigenvalue weighted by molar-refractivity contribution is 0.160. The van der Waals surface area contributed by atoms with Crippen LogP contribution in [0.2, 0.25) is 0 Å². The van der Waals surface area contributed by atoms with E-state index >= 15 is 0 Å². The van der Waals surface area contributed by atoms with Crippen molar-refractivity contribution < 1.29 is 13.9 Å². The first-order chi connectivity index (χ1) is 7.27. The van der Waals surface area contributed by atoms with E-state index in [9.17, 15) is 9.18 Å². The predicted molar refractivity (Wildman–Crippen MR) is 53.6 cm³/mol. The Hall–Kier alpha value is -1.84. The summed E-state index contributed by atoms with van der Waals surface area (Å²) < 4.78 is 18.2. The molecule has 0 aliphatic carbocycles. The number of hydrogen-bond donors (Lipinski definition) is 0. The van der Waals surface area contributed by atoms with E-state index in [1.807, 2.05) is 6.07 Å². The van der Waals surface area contributed by atoms with Crippen LogP contribution in [0, 0.1) is 0 Å². The maximum atomic E-state index is 13.5. The van der Waals surface area contributed by atoms with Crippen LogP contribution in [0.3, 0.4) is 0 Å². The maximum absolute atomic E-state index is 13.5. The second-order valence-electron chi connectivity index (χ2n) is 3.14. The number of rotatable bonds is 2. The molecule has 1 aliphatic heterocycles. The fourth-order valence-electron chi connectivity index (χ4n) is 1.35. The van der Waals surface area contributed by atoms with Crippen molar-refractivity contribution in [1.82, 2.24) is 4.90 Å². The van der Waals surface area contributed by atoms with E-state index < -0.39 is 12.0 Å². The molecule has 1 aliphatic rings. The third-order valence-electron chi connectivity index (χ3n) is 2.10. The van der Waals surface area contributed by atoms with Crippen LogP contribution >= 0.6 is 0 Å². The molecule has 4 heteroatoms. The highest BCUT2D eigenvalue weighted by Gasteiger charge is 2.25. The molecule has 2 rings (SSSR count). The van der Waals surface area contributed by atoms with Crippen molar-refractivity contribution in [2.45, 2.75) is 0 Å². The molecule has 0 N–H and O–H groups in total. The SMILES string of the molecule is O=C1OCCN1/C(F)=C/c1ccccc1. The molecule has 1 saturated heterocycles. The van der Waals surface area contributed by atoms with E-state index in [0.717, 1.165) is 10.5 Å². The Morgan fingerprint density at radius 1 is 1.40 bits per heavy atom. The van der Waals surface area contributed by atoms with Crippen molar-refractivity contribution in [2.24, 2.45) is 0 Å². The van der Waals surface area contributed by atoms with Crippen molar-refractivity contribution >= 4 is 12.2 Å². The van der Waals surface area contributed by atoms with Crippen LogP contribution in [0.25, 0.3) is 6.08 Å². The summed E-state index contributed by atoms with van der Waals surface area (Å²) in [5.41, 5.74) is 0.717. The molecule has 78 valence electrons. The number of carbonyl (C=O) groups is 1. The Morgan fingerprint density at radius 3 is 2.73 bits per heavy atom. The molecular formula is C11H10FNO2. The van der Waals surface area contributed by atoms with Gasteiger partial charge in [0.05, 0.1) is 6.54 Å². The fourth-order valence-corrected chi connectivity index (χ4v) is 1.35. The van der Waals surface area contributed by atoms with Gasteiger partial charge in [-0.3, -0.25) is 0 Å². The molecular weight excluding hydrogens is 197 g/mol. The third kappa shape index (κ3) is 2.15. The highest BCUT2D eigenvalue weighted by atomic mass is 19.1. The second kappa shape index (κ2) is 4.13. The van der Waals surface area contributed by atoms with Crippen LogP contribution < -0.4 is 0 Å². The normalized spacial score (nSPS) is 16.7. The number of benzene rings is 1. The molecule has 1 aromatic carbocycles. The van der Waals surface area contributed by atoms with E-state index in [1.165, 1.54) is 6.08 Å². The highest BCUT2D eigenvalue weighted by molar-refractivity contribution is 5.73. The summed E-state index contributed by atoms with van der Waals surface area (Å²) in [5.74, 6) is -0.580. The number of cyclic esters (lactones) is 1. The summed E-state index contributed by atoms with van der Waals surface area (Å²) in [6.45, 7) is 0.517. The van der Waals surface area contributed by atoms with Crippen LogP contribution in [0.5, 0.6) is 0 Å². The molecule has 0 unspecified atom stereocenters. The molecule has 3 nitrogen and oxygen atoms in total. The van der Waals surface area contributed by atoms with Crippen LogP contribution in [-0.4, -0.2) is 24.1 Å². The van der Waals surface area contributed by atoms with Gasteiger partial charge in [0, 0.05) is 0 Å². The third-order valence-corrected chi connectivity index (χ3v) is 2.10. The van der Waals surface area contributed by atoms with Gasteiger partial charge in [-0.05, 0) is 11.6 Å². The zero-order valence-corrected chi connectivity index (χ0v) is 8.02. The Labute approximate surface area is 86.8 Å². The van der Waals surface area contributed by atoms with Crippen molar-refractivity contribution in [2.75, 3.05) is 13.2 Å². The molecule has 0 radical (unpaired) electrons. The molecule has 1 aromatic rings. The minimum atomic E-state index is -0.625. The minimum Gasteiger partial charge on any atom is -0.447 e. The fraction of sp³-hybridized carbons (Fsp3) is 0.182. The van der Waals surface area contributed by atoms with Gasteiger partial charge in [-0.25, -0.2) is 9.69 Å². The maximum Gasteiger partial charge on any atom is 0.416 e. The van der Waals surface area contributed by atoms with Crippen LogP contribution in [0.15, 0.2) is 36.3 Å². The van der Waals surface area contributed by atoms with E-state index in [-0.39, 0.29) is 13.2 Å². The van der Waals surface area contributed by atoms with Gasteiger partial charge in [0.2, 0.25) is 0 Å². The first-order valence-electron chi connectivity index (χ1n) is 4.64. The number of amides is 1. The smallest absolute Gasteiger partial charge is 0.416 e. The second-order valence-corrected chi connectivity index (χ2v) is 3.14. The Balaban J connectivity index is 2.17. The van der Waals surface area contributed by atoms with E-state index in [4.69, 9.17) is 0 Å². The van der Waals surface area contributed by atoms with Crippen molar-refractivity contribution in [1.29, 1.82) is 0 Å². The van der Waals surface area contributed by atoms with Crippen LogP contribution in [-0.2, 0) is 4.74 Å². The molecule has 1 heterocycles. The van der Waals surface area contributed by atoms with Gasteiger partial charge in [0.15, 0.2) is 5.95 Å². The highest BCUT2D eigenvalue weighted by Crippen LogP contribution is 2.16. The zero-order chi connectivity index (χ0) is 10.7. The summed E-state index contributed by atoms with van der Waals surface area (Å²) in [6.07, 6.45) is 0.687. The van der Waals surface area contributed by atoms with Gasteiger partial charge >= 0.3 is 6.09 Å². The summed E-state index contributed by atoms with van der Waals surface area (Å²) in [5, 5.41) is 0. The first-order valence-corrected chi connectivity index (χ1v) is 4.64. The molecule has 0 saturated carbocycles. The summed E-state index contributed by atoms with van der Waals surface area (Å²) >= 11 is 0. The largest absolute Gasteiger partial charge is 0.447 e. The molecule has 15 heavy (non-hydrogen) atoms. The van der Waals surface area contributed by atoms with E-state index in [0.29, 0.717) is 0 Å². The van der Waals surface area contributed by atoms with Crippen molar-refractivity contribution in [3.63, 3.8) is 0 Å². The standard InChI is InChI=1S/C11H10FNO2/c12-10(13-6-7-15-11(13)14)8-9-4-2-1-3-5-9/h1-5,8H,6-7H2/b10-8+. The Bertz CT molecular complexity index is 389. The Kier molecular flexibility index (Phi) is 2.67. The molecule has 0 spiro atoms. The van der Waals surface area contributed by atoms with Gasteiger partial charge < -0.3 is 4.74 Å². The number of hydrogen-bond acceptors (Lipinski definition) is 2. The first kappa shape index (κ1) is 9.71. The number of halogens is 1. The van der Waals surface area contributed by atoms with Crippen molar-refractivity contribution in [3.05, 3.63) is 41.8 Å². The lowest BCUT2D eigenvalue weighted by Crippen LogP contribution is -2.21. The average Bonchev–Trinajstić information content (AvgIpc) is 2.66. The van der Waals surface area contributed by atoms with Gasteiger partial charge in [-0.1, -0.05) is 30.3 Å². The zero-order valence-electron chi connectivity index (χ0n) is 8.02. The van der Waals surface area contributed by atoms with E-state index in [1.54, 1.807) is 24.3 Å². The topological polar surface area (TPSA) is 29.5 Å². The average molecular weight is 207 g/mol. The van der Waals surface area contributed by atoms with Gasteiger partial charge in [0.25, 0.3) is 0 Å². The summed E-state index contributed by atoms with van der Waals surface area (Å²) in [7, 11) is 0. The van der Waals surface area contributed by atoms with Gasteiger partial charge in [-0.2, -0.15) is 4.39 Å². The van der Waals surface area contributed by atoms with Crippen LogP contribution in [0.4, 0.5) is 9.18 Å². The molecule has 0 atom stereocenters. The molecule has 1 fully saturated rings.